The Labute approximate surface area is 81.6 Å². The molecule has 1 fully saturated rings. The van der Waals surface area contributed by atoms with E-state index in [1.807, 2.05) is 23.1 Å². The van der Waals surface area contributed by atoms with Crippen LogP contribution in [-0.4, -0.2) is 11.8 Å². The monoisotopic (exact) mass is 199 g/mol. The van der Waals surface area contributed by atoms with Gasteiger partial charge in [-0.1, -0.05) is 0 Å². The van der Waals surface area contributed by atoms with Gasteiger partial charge in [-0.05, 0) is 26.0 Å². The lowest BCUT2D eigenvalue weighted by molar-refractivity contribution is 0.623. The largest absolute Gasteiger partial charge is 0.298 e. The Balaban J connectivity index is 2.11. The van der Waals surface area contributed by atoms with Gasteiger partial charge in [-0.15, -0.1) is 23.1 Å². The summed E-state index contributed by atoms with van der Waals surface area (Å²) in [6.07, 6.45) is 0. The van der Waals surface area contributed by atoms with Crippen molar-refractivity contribution in [3.8, 4) is 0 Å². The second-order valence-electron chi connectivity index (χ2n) is 3.23. The van der Waals surface area contributed by atoms with Crippen LogP contribution in [-0.2, 0) is 0 Å². The lowest BCUT2D eigenvalue weighted by atomic mass is 10.3. The zero-order valence-electron chi connectivity index (χ0n) is 7.33. The van der Waals surface area contributed by atoms with E-state index in [4.69, 9.17) is 0 Å². The molecular weight excluding hydrogens is 186 g/mol. The smallest absolute Gasteiger partial charge is 0.0885 e. The molecule has 0 aliphatic carbocycles. The van der Waals surface area contributed by atoms with E-state index < -0.39 is 0 Å². The summed E-state index contributed by atoms with van der Waals surface area (Å²) in [5.74, 6) is 1.24. The molecule has 66 valence electrons. The minimum absolute atomic E-state index is 0.554. The second-order valence-corrected chi connectivity index (χ2v) is 5.69. The molecule has 0 saturated carbocycles. The van der Waals surface area contributed by atoms with Crippen LogP contribution in [0.15, 0.2) is 12.1 Å². The van der Waals surface area contributed by atoms with Crippen molar-refractivity contribution in [2.75, 3.05) is 5.75 Å². The fourth-order valence-corrected chi connectivity index (χ4v) is 3.67. The van der Waals surface area contributed by atoms with Crippen molar-refractivity contribution < 1.29 is 0 Å². The topological polar surface area (TPSA) is 12.0 Å². The zero-order valence-corrected chi connectivity index (χ0v) is 8.97. The van der Waals surface area contributed by atoms with Crippen molar-refractivity contribution in [3.63, 3.8) is 0 Å². The molecule has 1 aromatic rings. The van der Waals surface area contributed by atoms with Gasteiger partial charge in [-0.25, -0.2) is 0 Å². The van der Waals surface area contributed by atoms with Gasteiger partial charge < -0.3 is 0 Å². The van der Waals surface area contributed by atoms with Gasteiger partial charge in [0.25, 0.3) is 0 Å². The summed E-state index contributed by atoms with van der Waals surface area (Å²) in [7, 11) is 0. The summed E-state index contributed by atoms with van der Waals surface area (Å²) in [5.41, 5.74) is 0. The molecule has 1 aromatic heterocycles. The van der Waals surface area contributed by atoms with Crippen molar-refractivity contribution in [1.82, 2.24) is 5.32 Å². The van der Waals surface area contributed by atoms with Crippen LogP contribution in [0, 0.1) is 6.92 Å². The van der Waals surface area contributed by atoms with Gasteiger partial charge in [0.2, 0.25) is 0 Å². The van der Waals surface area contributed by atoms with E-state index in [0.29, 0.717) is 11.4 Å². The molecule has 2 rings (SSSR count). The summed E-state index contributed by atoms with van der Waals surface area (Å²) in [4.78, 5) is 2.88. The predicted octanol–water partition coefficient (Wildman–Crippen LogP) is 2.78. The van der Waals surface area contributed by atoms with Crippen LogP contribution in [0.2, 0.25) is 0 Å². The highest BCUT2D eigenvalue weighted by Gasteiger charge is 2.22. The van der Waals surface area contributed by atoms with Crippen LogP contribution in [0.4, 0.5) is 0 Å². The van der Waals surface area contributed by atoms with Gasteiger partial charge in [0.1, 0.15) is 0 Å². The summed E-state index contributed by atoms with van der Waals surface area (Å²) in [6.45, 7) is 4.41. The maximum Gasteiger partial charge on any atom is 0.0885 e. The van der Waals surface area contributed by atoms with E-state index in [0.717, 1.165) is 0 Å². The molecule has 2 unspecified atom stereocenters. The zero-order chi connectivity index (χ0) is 8.55. The lowest BCUT2D eigenvalue weighted by Gasteiger charge is -2.07. The molecule has 1 aliphatic rings. The van der Waals surface area contributed by atoms with Crippen LogP contribution in [0.5, 0.6) is 0 Å². The fraction of sp³-hybridized carbons (Fsp3) is 0.556. The summed E-state index contributed by atoms with van der Waals surface area (Å²) < 4.78 is 0. The second kappa shape index (κ2) is 3.40. The van der Waals surface area contributed by atoms with Crippen molar-refractivity contribution in [1.29, 1.82) is 0 Å². The Morgan fingerprint density at radius 2 is 2.33 bits per heavy atom. The first-order valence-electron chi connectivity index (χ1n) is 4.19. The van der Waals surface area contributed by atoms with Crippen molar-refractivity contribution in [2.24, 2.45) is 0 Å². The number of hydrogen-bond acceptors (Lipinski definition) is 3. The van der Waals surface area contributed by atoms with Gasteiger partial charge in [-0.3, -0.25) is 5.32 Å². The highest BCUT2D eigenvalue weighted by Crippen LogP contribution is 2.35. The van der Waals surface area contributed by atoms with Crippen LogP contribution in [0.3, 0.4) is 0 Å². The molecule has 0 amide bonds. The SMILES string of the molecule is Cc1ccc(C2NC(C)CS2)s1. The molecule has 2 heterocycles. The first-order valence-corrected chi connectivity index (χ1v) is 6.06. The molecule has 3 heteroatoms. The molecule has 0 bridgehead atoms. The third-order valence-corrected chi connectivity index (χ3v) is 4.60. The quantitative estimate of drug-likeness (QED) is 0.746. The van der Waals surface area contributed by atoms with Gasteiger partial charge >= 0.3 is 0 Å². The van der Waals surface area contributed by atoms with E-state index in [9.17, 15) is 0 Å². The highest BCUT2D eigenvalue weighted by molar-refractivity contribution is 7.99. The van der Waals surface area contributed by atoms with E-state index in [1.165, 1.54) is 15.5 Å². The van der Waals surface area contributed by atoms with Crippen LogP contribution < -0.4 is 5.32 Å². The minimum Gasteiger partial charge on any atom is -0.298 e. The number of nitrogens with one attached hydrogen (secondary N) is 1. The van der Waals surface area contributed by atoms with Crippen LogP contribution >= 0.6 is 23.1 Å². The van der Waals surface area contributed by atoms with Crippen LogP contribution in [0.1, 0.15) is 22.1 Å². The Kier molecular flexibility index (Phi) is 2.44. The van der Waals surface area contributed by atoms with Crippen molar-refractivity contribution in [2.45, 2.75) is 25.3 Å². The summed E-state index contributed by atoms with van der Waals surface area (Å²) in [6, 6.07) is 5.11. The molecule has 1 saturated heterocycles. The average molecular weight is 199 g/mol. The van der Waals surface area contributed by atoms with Crippen LogP contribution in [0.25, 0.3) is 0 Å². The van der Waals surface area contributed by atoms with E-state index in [2.05, 4.69) is 31.3 Å². The number of rotatable bonds is 1. The molecule has 1 nitrogen and oxygen atoms in total. The first kappa shape index (κ1) is 8.60. The predicted molar refractivity (Wildman–Crippen MR) is 56.9 cm³/mol. The van der Waals surface area contributed by atoms with Gasteiger partial charge in [0, 0.05) is 21.5 Å². The lowest BCUT2D eigenvalue weighted by Crippen LogP contribution is -2.21. The molecule has 0 radical (unpaired) electrons. The minimum atomic E-state index is 0.554. The van der Waals surface area contributed by atoms with Gasteiger partial charge in [0.15, 0.2) is 0 Å². The Morgan fingerprint density at radius 3 is 2.83 bits per heavy atom. The third-order valence-electron chi connectivity index (χ3n) is 1.97. The standard InChI is InChI=1S/C9H13NS2/c1-6-5-11-9(10-6)8-4-3-7(2)12-8/h3-4,6,9-10H,5H2,1-2H3. The Bertz CT molecular complexity index is 269. The maximum atomic E-state index is 3.56. The summed E-state index contributed by atoms with van der Waals surface area (Å²) >= 11 is 3.92. The number of aryl methyl sites for hydroxylation is 1. The molecule has 1 N–H and O–H groups in total. The summed E-state index contributed by atoms with van der Waals surface area (Å²) in [5, 5.41) is 4.11. The highest BCUT2D eigenvalue weighted by atomic mass is 32.2. The van der Waals surface area contributed by atoms with Gasteiger partial charge in [0.05, 0.1) is 5.37 Å². The molecule has 0 aromatic carbocycles. The molecule has 12 heavy (non-hydrogen) atoms. The first-order chi connectivity index (χ1) is 5.75. The fourth-order valence-electron chi connectivity index (χ4n) is 1.35. The number of thiophene rings is 1. The molecule has 1 aliphatic heterocycles. The Hall–Kier alpha value is 0.01000. The third kappa shape index (κ3) is 1.68. The molecule has 2 atom stereocenters. The van der Waals surface area contributed by atoms with Gasteiger partial charge in [-0.2, -0.15) is 0 Å². The van der Waals surface area contributed by atoms with Crippen molar-refractivity contribution in [3.05, 3.63) is 21.9 Å². The van der Waals surface area contributed by atoms with E-state index in [-0.39, 0.29) is 0 Å². The maximum absolute atomic E-state index is 3.56. The van der Waals surface area contributed by atoms with E-state index >= 15 is 0 Å². The number of hydrogen-bond donors (Lipinski definition) is 1. The number of thioether (sulfide) groups is 1. The van der Waals surface area contributed by atoms with Crippen molar-refractivity contribution >= 4 is 23.1 Å². The molecular formula is C9H13NS2. The normalized spacial score (nSPS) is 29.5. The average Bonchev–Trinajstić information content (AvgIpc) is 2.58. The Morgan fingerprint density at radius 1 is 1.50 bits per heavy atom. The van der Waals surface area contributed by atoms with E-state index in [1.54, 1.807) is 0 Å². The molecule has 0 spiro atoms.